The van der Waals surface area contributed by atoms with E-state index in [-0.39, 0.29) is 6.04 Å². The molecule has 132 valence electrons. The first-order chi connectivity index (χ1) is 13.3. The molecule has 0 saturated carbocycles. The van der Waals surface area contributed by atoms with Crippen LogP contribution in [-0.4, -0.2) is 15.2 Å². The van der Waals surface area contributed by atoms with Crippen LogP contribution in [0.25, 0.3) is 21.5 Å². The van der Waals surface area contributed by atoms with Gasteiger partial charge in [0, 0.05) is 17.3 Å². The summed E-state index contributed by atoms with van der Waals surface area (Å²) < 4.78 is 0. The van der Waals surface area contributed by atoms with Gasteiger partial charge in [0.25, 0.3) is 0 Å². The average Bonchev–Trinajstić information content (AvgIpc) is 3.37. The Hall–Kier alpha value is -3.17. The first-order valence-corrected chi connectivity index (χ1v) is 9.86. The van der Waals surface area contributed by atoms with Crippen molar-refractivity contribution in [2.24, 2.45) is 0 Å². The highest BCUT2D eigenvalue weighted by Gasteiger charge is 2.21. The van der Waals surface area contributed by atoms with E-state index in [9.17, 15) is 0 Å². The molecule has 0 aliphatic heterocycles. The third kappa shape index (κ3) is 2.86. The van der Waals surface area contributed by atoms with Crippen LogP contribution in [0.1, 0.15) is 35.6 Å². The molecule has 1 atom stereocenters. The number of aromatic nitrogens is 3. The van der Waals surface area contributed by atoms with E-state index in [4.69, 9.17) is 5.26 Å². The van der Waals surface area contributed by atoms with Gasteiger partial charge in [-0.05, 0) is 60.7 Å². The Balaban J connectivity index is 1.49. The number of anilines is 1. The number of aromatic amines is 1. The minimum absolute atomic E-state index is 0.262. The molecule has 0 saturated heterocycles. The van der Waals surface area contributed by atoms with Crippen LogP contribution in [0.3, 0.4) is 0 Å². The van der Waals surface area contributed by atoms with Crippen molar-refractivity contribution in [3.05, 3.63) is 64.8 Å². The van der Waals surface area contributed by atoms with E-state index in [1.54, 1.807) is 11.3 Å². The Labute approximate surface area is 160 Å². The van der Waals surface area contributed by atoms with Gasteiger partial charge in [0.15, 0.2) is 0 Å². The van der Waals surface area contributed by atoms with E-state index in [2.05, 4.69) is 50.8 Å². The fraction of sp³-hybridized carbons (Fsp3) is 0.190. The van der Waals surface area contributed by atoms with Crippen LogP contribution in [-0.2, 0) is 6.42 Å². The summed E-state index contributed by atoms with van der Waals surface area (Å²) in [6, 6.07) is 14.9. The lowest BCUT2D eigenvalue weighted by Crippen LogP contribution is -2.17. The molecule has 2 N–H and O–H groups in total. The number of hydrogen-bond acceptors (Lipinski definition) is 5. The maximum atomic E-state index is 9.15. The Morgan fingerprint density at radius 3 is 3.04 bits per heavy atom. The Bertz CT molecular complexity index is 1150. The topological polar surface area (TPSA) is 77.4 Å². The molecule has 1 aliphatic rings. The molecule has 0 bridgehead atoms. The van der Waals surface area contributed by atoms with Crippen LogP contribution in [0.5, 0.6) is 0 Å². The quantitative estimate of drug-likeness (QED) is 0.528. The van der Waals surface area contributed by atoms with Crippen molar-refractivity contribution in [2.45, 2.75) is 25.3 Å². The van der Waals surface area contributed by atoms with E-state index in [0.29, 0.717) is 0 Å². The predicted octanol–water partition coefficient (Wildman–Crippen LogP) is 5.05. The zero-order chi connectivity index (χ0) is 18.2. The summed E-state index contributed by atoms with van der Waals surface area (Å²) in [5.41, 5.74) is 8.19. The lowest BCUT2D eigenvalue weighted by molar-refractivity contribution is 0.600. The van der Waals surface area contributed by atoms with Crippen LogP contribution < -0.4 is 5.32 Å². The number of aryl methyl sites for hydroxylation is 1. The van der Waals surface area contributed by atoms with Crippen molar-refractivity contribution < 1.29 is 0 Å². The van der Waals surface area contributed by atoms with Gasteiger partial charge in [0.2, 0.25) is 0 Å². The molecule has 1 aliphatic carbocycles. The second kappa shape index (κ2) is 6.53. The maximum Gasteiger partial charge on any atom is 0.112 e. The van der Waals surface area contributed by atoms with Gasteiger partial charge < -0.3 is 5.32 Å². The molecule has 5 rings (SSSR count). The van der Waals surface area contributed by atoms with E-state index in [1.807, 2.05) is 23.8 Å². The van der Waals surface area contributed by atoms with Crippen molar-refractivity contribution in [2.75, 3.05) is 5.32 Å². The molecule has 6 heteroatoms. The molecular weight excluding hydrogens is 354 g/mol. The van der Waals surface area contributed by atoms with Gasteiger partial charge in [-0.1, -0.05) is 6.07 Å². The maximum absolute atomic E-state index is 9.15. The van der Waals surface area contributed by atoms with E-state index in [0.717, 1.165) is 52.0 Å². The van der Waals surface area contributed by atoms with Crippen LogP contribution >= 0.6 is 11.3 Å². The average molecular weight is 371 g/mol. The highest BCUT2D eigenvalue weighted by Crippen LogP contribution is 2.35. The number of thiazole rings is 1. The lowest BCUT2D eigenvalue weighted by Gasteiger charge is -2.27. The van der Waals surface area contributed by atoms with Gasteiger partial charge in [0.05, 0.1) is 33.6 Å². The molecule has 0 spiro atoms. The number of hydrogen-bond donors (Lipinski definition) is 2. The largest absolute Gasteiger partial charge is 0.378 e. The van der Waals surface area contributed by atoms with Crippen LogP contribution in [0, 0.1) is 11.3 Å². The molecule has 2 aromatic heterocycles. The number of nitriles is 1. The fourth-order valence-electron chi connectivity index (χ4n) is 3.86. The minimum Gasteiger partial charge on any atom is -0.378 e. The van der Waals surface area contributed by atoms with Gasteiger partial charge in [0.1, 0.15) is 5.69 Å². The van der Waals surface area contributed by atoms with Gasteiger partial charge in [-0.15, -0.1) is 11.3 Å². The van der Waals surface area contributed by atoms with Gasteiger partial charge in [-0.2, -0.15) is 10.4 Å². The second-order valence-electron chi connectivity index (χ2n) is 6.81. The SMILES string of the molecule is N#Cc1ccc2c(c1)CCC[C@@H]2Nc1ccc2[nH]nc(-c3cncs3)c2c1. The number of rotatable bonds is 3. The van der Waals surface area contributed by atoms with Crippen molar-refractivity contribution in [1.29, 1.82) is 5.26 Å². The number of H-pyrrole nitrogens is 1. The van der Waals surface area contributed by atoms with Crippen LogP contribution in [0.15, 0.2) is 48.1 Å². The molecule has 0 unspecified atom stereocenters. The van der Waals surface area contributed by atoms with Crippen molar-refractivity contribution in [1.82, 2.24) is 15.2 Å². The summed E-state index contributed by atoms with van der Waals surface area (Å²) >= 11 is 1.59. The van der Waals surface area contributed by atoms with E-state index < -0.39 is 0 Å². The number of benzene rings is 2. The van der Waals surface area contributed by atoms with Crippen LogP contribution in [0.4, 0.5) is 5.69 Å². The first kappa shape index (κ1) is 16.0. The van der Waals surface area contributed by atoms with E-state index in [1.165, 1.54) is 11.1 Å². The summed E-state index contributed by atoms with van der Waals surface area (Å²) in [6.07, 6.45) is 5.10. The molecule has 5 nitrogen and oxygen atoms in total. The summed E-state index contributed by atoms with van der Waals surface area (Å²) in [5.74, 6) is 0. The first-order valence-electron chi connectivity index (χ1n) is 8.98. The van der Waals surface area contributed by atoms with Crippen molar-refractivity contribution >= 4 is 27.9 Å². The number of nitrogens with one attached hydrogen (secondary N) is 2. The Kier molecular flexibility index (Phi) is 3.88. The zero-order valence-electron chi connectivity index (χ0n) is 14.6. The molecule has 27 heavy (non-hydrogen) atoms. The summed E-state index contributed by atoms with van der Waals surface area (Å²) in [6.45, 7) is 0. The van der Waals surface area contributed by atoms with E-state index >= 15 is 0 Å². The summed E-state index contributed by atoms with van der Waals surface area (Å²) in [7, 11) is 0. The summed E-state index contributed by atoms with van der Waals surface area (Å²) in [5, 5.41) is 21.5. The van der Waals surface area contributed by atoms with Gasteiger partial charge >= 0.3 is 0 Å². The molecule has 2 heterocycles. The molecular formula is C21H17N5S. The summed E-state index contributed by atoms with van der Waals surface area (Å²) in [4.78, 5) is 5.23. The molecule has 4 aromatic rings. The molecule has 2 aromatic carbocycles. The lowest BCUT2D eigenvalue weighted by atomic mass is 9.86. The molecule has 0 amide bonds. The van der Waals surface area contributed by atoms with Crippen molar-refractivity contribution in [3.8, 4) is 16.6 Å². The molecule has 0 radical (unpaired) electrons. The highest BCUT2D eigenvalue weighted by atomic mass is 32.1. The third-order valence-corrected chi connectivity index (χ3v) is 5.94. The predicted molar refractivity (Wildman–Crippen MR) is 108 cm³/mol. The normalized spacial score (nSPS) is 16.0. The second-order valence-corrected chi connectivity index (χ2v) is 7.70. The fourth-order valence-corrected chi connectivity index (χ4v) is 4.48. The Morgan fingerprint density at radius 1 is 1.22 bits per heavy atom. The third-order valence-electron chi connectivity index (χ3n) is 5.16. The smallest absolute Gasteiger partial charge is 0.112 e. The van der Waals surface area contributed by atoms with Crippen molar-refractivity contribution in [3.63, 3.8) is 0 Å². The minimum atomic E-state index is 0.262. The Morgan fingerprint density at radius 2 is 2.19 bits per heavy atom. The van der Waals surface area contributed by atoms with Gasteiger partial charge in [-0.25, -0.2) is 0 Å². The molecule has 0 fully saturated rings. The standard InChI is InChI=1S/C21H17N5S/c22-10-13-4-6-16-14(8-13)2-1-3-18(16)24-15-5-7-19-17(9-15)21(26-25-19)20-11-23-12-27-20/h4-9,11-12,18,24H,1-3H2,(H,25,26)/t18-/m0/s1. The van der Waals surface area contributed by atoms with Gasteiger partial charge in [-0.3, -0.25) is 10.1 Å². The highest BCUT2D eigenvalue weighted by molar-refractivity contribution is 7.13. The monoisotopic (exact) mass is 371 g/mol. The number of fused-ring (bicyclic) bond motifs is 2. The van der Waals surface area contributed by atoms with Crippen LogP contribution in [0.2, 0.25) is 0 Å². The number of nitrogens with zero attached hydrogens (tertiary/aromatic N) is 3. The zero-order valence-corrected chi connectivity index (χ0v) is 15.4.